The average molecular weight is 509 g/mol. The van der Waals surface area contributed by atoms with Gasteiger partial charge in [0, 0.05) is 17.1 Å². The highest BCUT2D eigenvalue weighted by molar-refractivity contribution is 7.98. The maximum Gasteiger partial charge on any atom is 0.243 e. The van der Waals surface area contributed by atoms with Gasteiger partial charge in [-0.05, 0) is 61.2 Å². The molecule has 168 valence electrons. The number of nitrogens with one attached hydrogen (secondary N) is 1. The average Bonchev–Trinajstić information content (AvgIpc) is 2.76. The number of carbonyl (C=O) groups excluding carboxylic acids is 1. The van der Waals surface area contributed by atoms with Gasteiger partial charge in [-0.2, -0.15) is 4.31 Å². The molecule has 1 amide bonds. The summed E-state index contributed by atoms with van der Waals surface area (Å²) in [6, 6.07) is 18.7. The second kappa shape index (κ2) is 10.7. The van der Waals surface area contributed by atoms with Crippen LogP contribution in [0.4, 0.5) is 5.69 Å². The zero-order chi connectivity index (χ0) is 23.3. The second-order valence-corrected chi connectivity index (χ2v) is 10.7. The highest BCUT2D eigenvalue weighted by Gasteiger charge is 2.27. The Bertz CT molecular complexity index is 1220. The first-order valence-electron chi connectivity index (χ1n) is 9.63. The molecule has 0 heterocycles. The van der Waals surface area contributed by atoms with Crippen LogP contribution in [0.1, 0.15) is 11.1 Å². The zero-order valence-electron chi connectivity index (χ0n) is 17.5. The molecule has 9 heteroatoms. The molecular formula is C23H22Cl2N2O3S2. The lowest BCUT2D eigenvalue weighted by molar-refractivity contribution is -0.116. The number of benzene rings is 3. The summed E-state index contributed by atoms with van der Waals surface area (Å²) in [7, 11) is -3.95. The molecule has 0 spiro atoms. The van der Waals surface area contributed by atoms with Gasteiger partial charge < -0.3 is 5.32 Å². The molecule has 0 radical (unpaired) electrons. The fourth-order valence-electron chi connectivity index (χ4n) is 2.99. The molecule has 0 aliphatic carbocycles. The molecule has 0 aliphatic rings. The van der Waals surface area contributed by atoms with E-state index in [9.17, 15) is 13.2 Å². The lowest BCUT2D eigenvalue weighted by atomic mass is 10.2. The SMILES string of the molecule is CSc1cccc(NC(=O)CN(Cc2ccc(Cl)c(Cl)c2)S(=O)(=O)c2ccc(C)cc2)c1. The first-order valence-corrected chi connectivity index (χ1v) is 13.1. The van der Waals surface area contributed by atoms with Crippen LogP contribution < -0.4 is 5.32 Å². The van der Waals surface area contributed by atoms with E-state index in [4.69, 9.17) is 23.2 Å². The van der Waals surface area contributed by atoms with Crippen LogP contribution >= 0.6 is 35.0 Å². The van der Waals surface area contributed by atoms with Crippen molar-refractivity contribution in [3.05, 3.63) is 87.9 Å². The molecule has 3 rings (SSSR count). The predicted octanol–water partition coefficient (Wildman–Crippen LogP) is 5.85. The van der Waals surface area contributed by atoms with Crippen LogP contribution in [0, 0.1) is 6.92 Å². The molecular weight excluding hydrogens is 487 g/mol. The Balaban J connectivity index is 1.89. The summed E-state index contributed by atoms with van der Waals surface area (Å²) in [6.45, 7) is 1.48. The third kappa shape index (κ3) is 6.27. The molecule has 0 saturated heterocycles. The topological polar surface area (TPSA) is 66.5 Å². The van der Waals surface area contributed by atoms with Gasteiger partial charge in [0.1, 0.15) is 0 Å². The molecule has 0 bridgehead atoms. The zero-order valence-corrected chi connectivity index (χ0v) is 20.7. The Morgan fingerprint density at radius 2 is 1.72 bits per heavy atom. The summed E-state index contributed by atoms with van der Waals surface area (Å²) in [6.07, 6.45) is 1.94. The van der Waals surface area contributed by atoms with Gasteiger partial charge in [0.05, 0.1) is 21.5 Å². The van der Waals surface area contributed by atoms with E-state index in [0.29, 0.717) is 21.3 Å². The number of carbonyl (C=O) groups is 1. The number of hydrogen-bond acceptors (Lipinski definition) is 4. The monoisotopic (exact) mass is 508 g/mol. The van der Waals surface area contributed by atoms with Gasteiger partial charge in [-0.1, -0.05) is 53.0 Å². The maximum absolute atomic E-state index is 13.4. The molecule has 0 fully saturated rings. The van der Waals surface area contributed by atoms with Crippen molar-refractivity contribution in [2.75, 3.05) is 18.1 Å². The van der Waals surface area contributed by atoms with Crippen molar-refractivity contribution in [1.82, 2.24) is 4.31 Å². The number of aryl methyl sites for hydroxylation is 1. The fraction of sp³-hybridized carbons (Fsp3) is 0.174. The minimum atomic E-state index is -3.95. The fourth-order valence-corrected chi connectivity index (χ4v) is 5.15. The van der Waals surface area contributed by atoms with Crippen molar-refractivity contribution in [2.45, 2.75) is 23.3 Å². The Labute approximate surface area is 202 Å². The lowest BCUT2D eigenvalue weighted by Crippen LogP contribution is -2.37. The number of nitrogens with zero attached hydrogens (tertiary/aromatic N) is 1. The van der Waals surface area contributed by atoms with Gasteiger partial charge in [-0.3, -0.25) is 4.79 Å². The Morgan fingerprint density at radius 3 is 2.38 bits per heavy atom. The first kappa shape index (κ1) is 24.6. The molecule has 0 saturated carbocycles. The molecule has 0 aliphatic heterocycles. The van der Waals surface area contributed by atoms with Crippen molar-refractivity contribution in [3.63, 3.8) is 0 Å². The van der Waals surface area contributed by atoms with Crippen LogP contribution in [0.25, 0.3) is 0 Å². The van der Waals surface area contributed by atoms with E-state index in [1.54, 1.807) is 48.2 Å². The van der Waals surface area contributed by atoms with Gasteiger partial charge in [0.25, 0.3) is 0 Å². The van der Waals surface area contributed by atoms with Crippen molar-refractivity contribution < 1.29 is 13.2 Å². The van der Waals surface area contributed by atoms with Crippen molar-refractivity contribution in [1.29, 1.82) is 0 Å². The number of sulfonamides is 1. The van der Waals surface area contributed by atoms with Crippen molar-refractivity contribution in [3.8, 4) is 0 Å². The summed E-state index contributed by atoms with van der Waals surface area (Å²) in [5.41, 5.74) is 2.16. The van der Waals surface area contributed by atoms with E-state index in [0.717, 1.165) is 14.8 Å². The van der Waals surface area contributed by atoms with Crippen LogP contribution in [-0.2, 0) is 21.4 Å². The normalized spacial score (nSPS) is 11.5. The van der Waals surface area contributed by atoms with Crippen LogP contribution in [0.3, 0.4) is 0 Å². The predicted molar refractivity (Wildman–Crippen MR) is 132 cm³/mol. The first-order chi connectivity index (χ1) is 15.2. The molecule has 0 atom stereocenters. The van der Waals surface area contributed by atoms with Gasteiger partial charge in [-0.25, -0.2) is 8.42 Å². The molecule has 5 nitrogen and oxygen atoms in total. The Morgan fingerprint density at radius 1 is 1.00 bits per heavy atom. The van der Waals surface area contributed by atoms with Crippen LogP contribution in [0.2, 0.25) is 10.0 Å². The van der Waals surface area contributed by atoms with E-state index in [1.165, 1.54) is 12.1 Å². The van der Waals surface area contributed by atoms with Gasteiger partial charge >= 0.3 is 0 Å². The Hall–Kier alpha value is -2.03. The minimum absolute atomic E-state index is 0.0363. The quantitative estimate of drug-likeness (QED) is 0.387. The van der Waals surface area contributed by atoms with Crippen LogP contribution in [0.15, 0.2) is 76.5 Å². The van der Waals surface area contributed by atoms with Crippen LogP contribution in [-0.4, -0.2) is 31.4 Å². The van der Waals surface area contributed by atoms with Crippen LogP contribution in [0.5, 0.6) is 0 Å². The molecule has 3 aromatic rings. The molecule has 0 aromatic heterocycles. The van der Waals surface area contributed by atoms with E-state index >= 15 is 0 Å². The number of thioether (sulfide) groups is 1. The summed E-state index contributed by atoms with van der Waals surface area (Å²) >= 11 is 13.6. The van der Waals surface area contributed by atoms with Crippen molar-refractivity contribution in [2.24, 2.45) is 0 Å². The summed E-state index contributed by atoms with van der Waals surface area (Å²) in [5.74, 6) is -0.445. The van der Waals surface area contributed by atoms with Gasteiger partial charge in [-0.15, -0.1) is 11.8 Å². The summed E-state index contributed by atoms with van der Waals surface area (Å²) < 4.78 is 27.9. The molecule has 32 heavy (non-hydrogen) atoms. The number of rotatable bonds is 8. The largest absolute Gasteiger partial charge is 0.325 e. The lowest BCUT2D eigenvalue weighted by Gasteiger charge is -2.22. The maximum atomic E-state index is 13.4. The Kier molecular flexibility index (Phi) is 8.25. The van der Waals surface area contributed by atoms with E-state index in [2.05, 4.69) is 5.32 Å². The third-order valence-electron chi connectivity index (χ3n) is 4.68. The van der Waals surface area contributed by atoms with Gasteiger partial charge in [0.2, 0.25) is 15.9 Å². The van der Waals surface area contributed by atoms with E-state index < -0.39 is 15.9 Å². The van der Waals surface area contributed by atoms with E-state index in [1.807, 2.05) is 31.4 Å². The third-order valence-corrected chi connectivity index (χ3v) is 7.95. The summed E-state index contributed by atoms with van der Waals surface area (Å²) in [5, 5.41) is 3.47. The summed E-state index contributed by atoms with van der Waals surface area (Å²) in [4.78, 5) is 13.9. The van der Waals surface area contributed by atoms with Gasteiger partial charge in [0.15, 0.2) is 0 Å². The highest BCUT2D eigenvalue weighted by atomic mass is 35.5. The van der Waals surface area contributed by atoms with E-state index in [-0.39, 0.29) is 18.0 Å². The van der Waals surface area contributed by atoms with Crippen molar-refractivity contribution >= 4 is 56.6 Å². The highest BCUT2D eigenvalue weighted by Crippen LogP contribution is 2.25. The number of anilines is 1. The number of hydrogen-bond donors (Lipinski definition) is 1. The molecule has 3 aromatic carbocycles. The number of halogens is 2. The standard InChI is InChI=1S/C23H22Cl2N2O3S2/c1-16-6-9-20(10-7-16)32(29,30)27(14-17-8-11-21(24)22(25)12-17)15-23(28)26-18-4-3-5-19(13-18)31-2/h3-13H,14-15H2,1-2H3,(H,26,28). The molecule has 1 N–H and O–H groups in total. The molecule has 0 unspecified atom stereocenters. The smallest absolute Gasteiger partial charge is 0.243 e. The minimum Gasteiger partial charge on any atom is -0.325 e. The number of amides is 1. The second-order valence-electron chi connectivity index (χ2n) is 7.11.